The Morgan fingerprint density at radius 3 is 1.23 bits per heavy atom. The summed E-state index contributed by atoms with van der Waals surface area (Å²) in [5.74, 6) is -2.06. The summed E-state index contributed by atoms with van der Waals surface area (Å²) in [6.45, 7) is 17.7. The van der Waals surface area contributed by atoms with Crippen molar-refractivity contribution in [2.45, 2.75) is 110 Å². The first-order valence-electron chi connectivity index (χ1n) is 11.5. The third kappa shape index (κ3) is 5.16. The van der Waals surface area contributed by atoms with Crippen LogP contribution in [0.5, 0.6) is 0 Å². The van der Waals surface area contributed by atoms with Gasteiger partial charge in [-0.15, -0.1) is 0 Å². The van der Waals surface area contributed by atoms with Gasteiger partial charge < -0.3 is 10.2 Å². The molecule has 0 radical (unpaired) electrons. The van der Waals surface area contributed by atoms with Crippen LogP contribution < -0.4 is 0 Å². The number of hydrogen-bond acceptors (Lipinski definition) is 4. The summed E-state index contributed by atoms with van der Waals surface area (Å²) in [6, 6.07) is 0. The monoisotopic (exact) mass is 436 g/mol. The molecular weight excluding hydrogens is 392 g/mol. The average molecular weight is 437 g/mol. The molecular formula is C25H44N2O4. The van der Waals surface area contributed by atoms with E-state index in [1.807, 2.05) is 0 Å². The van der Waals surface area contributed by atoms with E-state index in [9.17, 15) is 19.8 Å². The highest BCUT2D eigenvalue weighted by atomic mass is 16.4. The quantitative estimate of drug-likeness (QED) is 0.611. The number of rotatable bonds is 5. The molecule has 6 heteroatoms. The maximum atomic E-state index is 12.4. The van der Waals surface area contributed by atoms with Crippen molar-refractivity contribution in [2.75, 3.05) is 14.1 Å². The second-order valence-corrected chi connectivity index (χ2v) is 12.4. The summed E-state index contributed by atoms with van der Waals surface area (Å²) in [6.07, 6.45) is 2.88. The van der Waals surface area contributed by atoms with Gasteiger partial charge in [-0.1, -0.05) is 5.57 Å². The lowest BCUT2D eigenvalue weighted by atomic mass is 9.63. The van der Waals surface area contributed by atoms with E-state index in [0.29, 0.717) is 0 Å². The molecule has 0 aromatic carbocycles. The molecule has 0 spiro atoms. The zero-order valence-corrected chi connectivity index (χ0v) is 21.3. The van der Waals surface area contributed by atoms with Crippen molar-refractivity contribution >= 4 is 11.9 Å². The van der Waals surface area contributed by atoms with Gasteiger partial charge in [-0.05, 0) is 107 Å². The standard InChI is InChI=1S/C25H44N2O4/c1-22(2)12-16(13-23(3,4)26(22)9)20(18(21(30)31)11-19(28)29)17-14-24(5,6)27(10)25(7,8)15-17/h16-17H,11-15H2,1-10H3,(H,28,29)(H,30,31). The minimum Gasteiger partial charge on any atom is -0.481 e. The molecule has 31 heavy (non-hydrogen) atoms. The largest absolute Gasteiger partial charge is 0.481 e. The van der Waals surface area contributed by atoms with Gasteiger partial charge in [-0.2, -0.15) is 0 Å². The Labute approximate surface area is 188 Å². The fraction of sp³-hybridized carbons (Fsp3) is 0.840. The molecule has 0 atom stereocenters. The molecule has 2 fully saturated rings. The molecule has 2 aliphatic rings. The van der Waals surface area contributed by atoms with Crippen LogP contribution in [0.2, 0.25) is 0 Å². The van der Waals surface area contributed by atoms with Crippen molar-refractivity contribution in [3.05, 3.63) is 11.1 Å². The lowest BCUT2D eigenvalue weighted by molar-refractivity contribution is -0.139. The summed E-state index contributed by atoms with van der Waals surface area (Å²) in [5, 5.41) is 19.7. The number of carbonyl (C=O) groups is 2. The molecule has 2 saturated heterocycles. The molecule has 0 saturated carbocycles. The number of carboxylic acids is 2. The molecule has 178 valence electrons. The van der Waals surface area contributed by atoms with Gasteiger partial charge in [-0.25, -0.2) is 4.79 Å². The van der Waals surface area contributed by atoms with Crippen LogP contribution in [0.15, 0.2) is 11.1 Å². The molecule has 0 unspecified atom stereocenters. The number of hydrogen-bond donors (Lipinski definition) is 2. The maximum Gasteiger partial charge on any atom is 0.332 e. The van der Waals surface area contributed by atoms with Crippen LogP contribution in [-0.4, -0.2) is 68.2 Å². The minimum absolute atomic E-state index is 0.0478. The zero-order chi connectivity index (χ0) is 24.2. The van der Waals surface area contributed by atoms with Crippen LogP contribution in [0.1, 0.15) is 87.5 Å². The van der Waals surface area contributed by atoms with Gasteiger partial charge in [0, 0.05) is 27.7 Å². The lowest BCUT2D eigenvalue weighted by Crippen LogP contribution is -2.61. The van der Waals surface area contributed by atoms with Crippen LogP contribution in [0.25, 0.3) is 0 Å². The number of allylic oxidation sites excluding steroid dienone is 1. The van der Waals surface area contributed by atoms with Crippen molar-refractivity contribution in [1.29, 1.82) is 0 Å². The molecule has 6 nitrogen and oxygen atoms in total. The van der Waals surface area contributed by atoms with Gasteiger partial charge in [-0.3, -0.25) is 14.6 Å². The van der Waals surface area contributed by atoms with Crippen molar-refractivity contribution in [3.8, 4) is 0 Å². The summed E-state index contributed by atoms with van der Waals surface area (Å²) in [7, 11) is 4.27. The minimum atomic E-state index is -1.08. The van der Waals surface area contributed by atoms with Gasteiger partial charge in [0.25, 0.3) is 0 Å². The summed E-state index contributed by atoms with van der Waals surface area (Å²) < 4.78 is 0. The molecule has 0 amide bonds. The molecule has 2 aliphatic heterocycles. The number of piperidine rings is 2. The predicted octanol–water partition coefficient (Wildman–Crippen LogP) is 4.64. The third-order valence-corrected chi connectivity index (χ3v) is 8.43. The summed E-state index contributed by atoms with van der Waals surface area (Å²) >= 11 is 0. The summed E-state index contributed by atoms with van der Waals surface area (Å²) in [5.41, 5.74) is 0.553. The van der Waals surface area contributed by atoms with E-state index in [4.69, 9.17) is 0 Å². The van der Waals surface area contributed by atoms with Crippen LogP contribution in [0.4, 0.5) is 0 Å². The van der Waals surface area contributed by atoms with E-state index in [2.05, 4.69) is 79.3 Å². The van der Waals surface area contributed by atoms with Gasteiger partial charge in [0.2, 0.25) is 0 Å². The Balaban J connectivity index is 2.68. The van der Waals surface area contributed by atoms with Crippen molar-refractivity contribution in [3.63, 3.8) is 0 Å². The van der Waals surface area contributed by atoms with E-state index in [1.54, 1.807) is 0 Å². The van der Waals surface area contributed by atoms with Gasteiger partial charge in [0.1, 0.15) is 0 Å². The zero-order valence-electron chi connectivity index (χ0n) is 21.3. The summed E-state index contributed by atoms with van der Waals surface area (Å²) in [4.78, 5) is 28.8. The molecule has 0 aromatic rings. The Morgan fingerprint density at radius 2 is 1.00 bits per heavy atom. The molecule has 0 bridgehead atoms. The highest BCUT2D eigenvalue weighted by Gasteiger charge is 2.50. The number of nitrogens with zero attached hydrogens (tertiary/aromatic N) is 2. The molecule has 2 rings (SSSR count). The first-order chi connectivity index (χ1) is 13.8. The molecule has 2 N–H and O–H groups in total. The van der Waals surface area contributed by atoms with Crippen LogP contribution in [-0.2, 0) is 9.59 Å². The first kappa shape index (κ1) is 25.9. The molecule has 2 heterocycles. The highest BCUT2D eigenvalue weighted by Crippen LogP contribution is 2.51. The topological polar surface area (TPSA) is 81.1 Å². The van der Waals surface area contributed by atoms with E-state index in [0.717, 1.165) is 31.3 Å². The Morgan fingerprint density at radius 1 is 0.710 bits per heavy atom. The molecule has 0 aromatic heterocycles. The fourth-order valence-electron chi connectivity index (χ4n) is 6.46. The van der Waals surface area contributed by atoms with Crippen LogP contribution >= 0.6 is 0 Å². The van der Waals surface area contributed by atoms with Gasteiger partial charge >= 0.3 is 11.9 Å². The second kappa shape index (κ2) is 8.18. The van der Waals surface area contributed by atoms with Crippen LogP contribution in [0, 0.1) is 11.8 Å². The smallest absolute Gasteiger partial charge is 0.332 e. The van der Waals surface area contributed by atoms with Gasteiger partial charge in [0.15, 0.2) is 0 Å². The van der Waals surface area contributed by atoms with Crippen LogP contribution in [0.3, 0.4) is 0 Å². The SMILES string of the molecule is CN1C(C)(C)CC(C(=C(CC(=O)O)C(=O)O)C2CC(C)(C)N(C)C(C)(C)C2)CC1(C)C. The Kier molecular flexibility index (Phi) is 6.83. The number of aliphatic carboxylic acids is 2. The number of carboxylic acid groups (broad SMARTS) is 2. The van der Waals surface area contributed by atoms with E-state index in [1.165, 1.54) is 0 Å². The fourth-order valence-corrected chi connectivity index (χ4v) is 6.46. The second-order valence-electron chi connectivity index (χ2n) is 12.4. The van der Waals surface area contributed by atoms with E-state index < -0.39 is 18.4 Å². The van der Waals surface area contributed by atoms with E-state index >= 15 is 0 Å². The van der Waals surface area contributed by atoms with Gasteiger partial charge in [0.05, 0.1) is 6.42 Å². The number of likely N-dealkylation sites (tertiary alicyclic amines) is 2. The molecule has 0 aliphatic carbocycles. The third-order valence-electron chi connectivity index (χ3n) is 8.43. The van der Waals surface area contributed by atoms with E-state index in [-0.39, 0.29) is 39.6 Å². The highest BCUT2D eigenvalue weighted by molar-refractivity contribution is 5.93. The van der Waals surface area contributed by atoms with Crippen molar-refractivity contribution in [1.82, 2.24) is 9.80 Å². The Hall–Kier alpha value is -1.40. The normalized spacial score (nSPS) is 26.4. The lowest BCUT2D eigenvalue weighted by Gasteiger charge is -2.57. The first-order valence-corrected chi connectivity index (χ1v) is 11.5. The predicted molar refractivity (Wildman–Crippen MR) is 124 cm³/mol. The maximum absolute atomic E-state index is 12.4. The van der Waals surface area contributed by atoms with Crippen molar-refractivity contribution in [2.24, 2.45) is 11.8 Å². The van der Waals surface area contributed by atoms with Crippen molar-refractivity contribution < 1.29 is 19.8 Å². The average Bonchev–Trinajstić information content (AvgIpc) is 2.55. The Bertz CT molecular complexity index is 683.